The van der Waals surface area contributed by atoms with Crippen molar-refractivity contribution in [1.82, 2.24) is 10.6 Å². The minimum atomic E-state index is -0.419. The first kappa shape index (κ1) is 28.8. The lowest BCUT2D eigenvalue weighted by Crippen LogP contribution is -2.34. The van der Waals surface area contributed by atoms with Crippen LogP contribution in [0.1, 0.15) is 39.1 Å². The number of rotatable bonds is 9. The van der Waals surface area contributed by atoms with Gasteiger partial charge < -0.3 is 25.1 Å². The van der Waals surface area contributed by atoms with Crippen LogP contribution >= 0.6 is 0 Å². The second-order valence-electron chi connectivity index (χ2n) is 10.8. The van der Waals surface area contributed by atoms with Gasteiger partial charge in [-0.25, -0.2) is 4.39 Å². The Bertz CT molecular complexity index is 1880. The van der Waals surface area contributed by atoms with Gasteiger partial charge >= 0.3 is 0 Å². The summed E-state index contributed by atoms with van der Waals surface area (Å²) < 4.78 is 24.9. The van der Waals surface area contributed by atoms with Crippen LogP contribution in [0.2, 0.25) is 0 Å². The summed E-state index contributed by atoms with van der Waals surface area (Å²) in [7, 11) is 2.94. The van der Waals surface area contributed by atoms with Gasteiger partial charge in [-0.3, -0.25) is 14.4 Å². The fourth-order valence-corrected chi connectivity index (χ4v) is 5.44. The zero-order valence-corrected chi connectivity index (χ0v) is 24.2. The van der Waals surface area contributed by atoms with Crippen LogP contribution in [-0.2, 0) is 15.1 Å². The summed E-state index contributed by atoms with van der Waals surface area (Å²) in [5.41, 5.74) is 3.86. The van der Waals surface area contributed by atoms with Gasteiger partial charge in [0.25, 0.3) is 11.8 Å². The van der Waals surface area contributed by atoms with E-state index in [-0.39, 0.29) is 29.4 Å². The fraction of sp³-hybridized carbons (Fsp3) is 0.171. The summed E-state index contributed by atoms with van der Waals surface area (Å²) in [6, 6.07) is 26.0. The van der Waals surface area contributed by atoms with Crippen molar-refractivity contribution in [2.75, 3.05) is 26.1 Å². The van der Waals surface area contributed by atoms with E-state index in [0.29, 0.717) is 38.9 Å². The van der Waals surface area contributed by atoms with Gasteiger partial charge in [0.15, 0.2) is 0 Å². The third-order valence-electron chi connectivity index (χ3n) is 7.80. The molecular formula is C35H30FN3O5. The first-order valence-corrected chi connectivity index (χ1v) is 14.2. The number of ether oxygens (including phenoxy) is 1. The normalized spacial score (nSPS) is 13.3. The maximum atomic E-state index is 13.7. The van der Waals surface area contributed by atoms with E-state index in [4.69, 9.17) is 9.15 Å². The number of anilines is 1. The lowest BCUT2D eigenvalue weighted by Gasteiger charge is -2.18. The average molecular weight is 592 g/mol. The highest BCUT2D eigenvalue weighted by molar-refractivity contribution is 6.13. The van der Waals surface area contributed by atoms with Crippen molar-refractivity contribution in [1.29, 1.82) is 0 Å². The van der Waals surface area contributed by atoms with Crippen molar-refractivity contribution < 1.29 is 27.9 Å². The number of halogens is 1. The van der Waals surface area contributed by atoms with Crippen LogP contribution in [-0.4, -0.2) is 38.5 Å². The Hall–Kier alpha value is -5.28. The lowest BCUT2D eigenvalue weighted by molar-refractivity contribution is -0.119. The number of carbonyl (C=O) groups excluding carboxylic acids is 3. The molecule has 0 atom stereocenters. The molecule has 0 spiro atoms. The number of carbonyl (C=O) groups is 3. The Labute approximate surface area is 253 Å². The number of hydrogen-bond acceptors (Lipinski definition) is 5. The average Bonchev–Trinajstić information content (AvgIpc) is 3.73. The van der Waals surface area contributed by atoms with Gasteiger partial charge in [0.2, 0.25) is 5.91 Å². The molecule has 44 heavy (non-hydrogen) atoms. The van der Waals surface area contributed by atoms with Gasteiger partial charge in [-0.2, -0.15) is 0 Å². The maximum Gasteiger partial charge on any atom is 0.255 e. The highest BCUT2D eigenvalue weighted by Crippen LogP contribution is 2.46. The summed E-state index contributed by atoms with van der Waals surface area (Å²) in [5, 5.41) is 9.22. The molecule has 0 radical (unpaired) electrons. The van der Waals surface area contributed by atoms with Gasteiger partial charge in [-0.05, 0) is 66.4 Å². The third kappa shape index (κ3) is 5.57. The minimum Gasteiger partial charge on any atom is -0.455 e. The van der Waals surface area contributed by atoms with Crippen LogP contribution in [0.3, 0.4) is 0 Å². The molecule has 1 aliphatic carbocycles. The first-order valence-electron chi connectivity index (χ1n) is 14.2. The van der Waals surface area contributed by atoms with Crippen molar-refractivity contribution in [3.8, 4) is 22.5 Å². The molecule has 4 aromatic carbocycles. The van der Waals surface area contributed by atoms with E-state index < -0.39 is 17.6 Å². The number of nitrogens with one attached hydrogen (secondary N) is 3. The molecule has 222 valence electrons. The van der Waals surface area contributed by atoms with Crippen molar-refractivity contribution >= 4 is 34.4 Å². The molecule has 0 bridgehead atoms. The summed E-state index contributed by atoms with van der Waals surface area (Å²) in [4.78, 5) is 39.3. The molecule has 0 unspecified atom stereocenters. The van der Waals surface area contributed by atoms with E-state index in [9.17, 15) is 18.8 Å². The molecule has 1 heterocycles. The van der Waals surface area contributed by atoms with Crippen molar-refractivity contribution in [2.45, 2.75) is 18.4 Å². The number of amides is 3. The highest BCUT2D eigenvalue weighted by Gasteiger charge is 2.45. The van der Waals surface area contributed by atoms with Crippen LogP contribution in [0.25, 0.3) is 33.4 Å². The topological polar surface area (TPSA) is 110 Å². The molecule has 0 saturated heterocycles. The zero-order valence-electron chi connectivity index (χ0n) is 24.2. The minimum absolute atomic E-state index is 0.177. The van der Waals surface area contributed by atoms with E-state index in [1.807, 2.05) is 36.4 Å². The van der Waals surface area contributed by atoms with Crippen LogP contribution in [0.4, 0.5) is 10.1 Å². The molecule has 1 aromatic heterocycles. The van der Waals surface area contributed by atoms with E-state index >= 15 is 0 Å². The Morgan fingerprint density at radius 2 is 1.64 bits per heavy atom. The smallest absolute Gasteiger partial charge is 0.255 e. The van der Waals surface area contributed by atoms with E-state index in [0.717, 1.165) is 18.4 Å². The Morgan fingerprint density at radius 3 is 2.32 bits per heavy atom. The Kier molecular flexibility index (Phi) is 7.71. The van der Waals surface area contributed by atoms with Crippen molar-refractivity contribution in [3.63, 3.8) is 0 Å². The van der Waals surface area contributed by atoms with Gasteiger partial charge in [0, 0.05) is 42.3 Å². The van der Waals surface area contributed by atoms with Crippen LogP contribution in [0, 0.1) is 5.82 Å². The molecule has 9 heteroatoms. The molecule has 1 fully saturated rings. The first-order chi connectivity index (χ1) is 21.3. The lowest BCUT2D eigenvalue weighted by atomic mass is 9.97. The third-order valence-corrected chi connectivity index (χ3v) is 7.80. The van der Waals surface area contributed by atoms with Gasteiger partial charge in [0.05, 0.1) is 16.8 Å². The van der Waals surface area contributed by atoms with Crippen LogP contribution in [0.5, 0.6) is 0 Å². The molecule has 6 rings (SSSR count). The standard InChI is InChI=1S/C35H30FN3O5/c1-37-34(42)31-27-18-26(22-7-6-8-23(17-22)33(41)39-35(15-16-35)24-9-4-3-5-10-24)28(38-30(40)20-43-2)19-29(27)44-32(31)21-11-13-25(36)14-12-21/h3-14,17-19H,15-16,20H2,1-2H3,(H,37,42)(H,38,40)(H,39,41). The van der Waals surface area contributed by atoms with Gasteiger partial charge in [-0.1, -0.05) is 42.5 Å². The molecule has 1 saturated carbocycles. The molecule has 8 nitrogen and oxygen atoms in total. The number of fused-ring (bicyclic) bond motifs is 1. The number of hydrogen-bond donors (Lipinski definition) is 3. The Balaban J connectivity index is 1.45. The summed E-state index contributed by atoms with van der Waals surface area (Å²) in [6.07, 6.45) is 1.71. The van der Waals surface area contributed by atoms with Crippen LogP contribution < -0.4 is 16.0 Å². The quantitative estimate of drug-likeness (QED) is 0.187. The molecule has 5 aromatic rings. The second kappa shape index (κ2) is 11.8. The SMILES string of the molecule is CNC(=O)c1c(-c2ccc(F)cc2)oc2cc(NC(=O)COC)c(-c3cccc(C(=O)NC4(c5ccccc5)CC4)c3)cc12. The van der Waals surface area contributed by atoms with Crippen molar-refractivity contribution in [2.24, 2.45) is 0 Å². The second-order valence-corrected chi connectivity index (χ2v) is 10.8. The van der Waals surface area contributed by atoms with Gasteiger partial charge in [0.1, 0.15) is 23.8 Å². The summed E-state index contributed by atoms with van der Waals surface area (Å²) >= 11 is 0. The predicted molar refractivity (Wildman–Crippen MR) is 166 cm³/mol. The van der Waals surface area contributed by atoms with E-state index in [2.05, 4.69) is 16.0 Å². The molecule has 0 aliphatic heterocycles. The predicted octanol–water partition coefficient (Wildman–Crippen LogP) is 6.27. The zero-order chi connectivity index (χ0) is 30.8. The number of furan rings is 1. The van der Waals surface area contributed by atoms with E-state index in [1.165, 1.54) is 38.4 Å². The summed E-state index contributed by atoms with van der Waals surface area (Å²) in [5.74, 6) is -1.16. The fourth-order valence-electron chi connectivity index (χ4n) is 5.44. The Morgan fingerprint density at radius 1 is 0.886 bits per heavy atom. The largest absolute Gasteiger partial charge is 0.455 e. The number of benzene rings is 4. The molecule has 1 aliphatic rings. The van der Waals surface area contributed by atoms with Crippen LogP contribution in [0.15, 0.2) is 95.4 Å². The monoisotopic (exact) mass is 591 g/mol. The molecule has 3 N–H and O–H groups in total. The van der Waals surface area contributed by atoms with Crippen molar-refractivity contribution in [3.05, 3.63) is 114 Å². The van der Waals surface area contributed by atoms with Gasteiger partial charge in [-0.15, -0.1) is 0 Å². The highest BCUT2D eigenvalue weighted by atomic mass is 19.1. The summed E-state index contributed by atoms with van der Waals surface area (Å²) in [6.45, 7) is -0.177. The maximum absolute atomic E-state index is 13.7. The molecule has 3 amide bonds. The number of methoxy groups -OCH3 is 1. The molecular weight excluding hydrogens is 561 g/mol. The van der Waals surface area contributed by atoms with E-state index in [1.54, 1.807) is 30.3 Å².